The SMILES string of the molecule is CC1(C)C[C@@H](NC(CO)CO)CN1Cc1ccccc1. The molecule has 1 fully saturated rings. The number of nitrogens with one attached hydrogen (secondary N) is 1. The number of aliphatic hydroxyl groups is 2. The second-order valence-corrected chi connectivity index (χ2v) is 6.31. The minimum atomic E-state index is -0.215. The molecule has 4 nitrogen and oxygen atoms in total. The highest BCUT2D eigenvalue weighted by molar-refractivity contribution is 5.15. The summed E-state index contributed by atoms with van der Waals surface area (Å²) >= 11 is 0. The number of nitrogens with zero attached hydrogens (tertiary/aromatic N) is 1. The molecule has 0 aliphatic carbocycles. The average molecular weight is 278 g/mol. The van der Waals surface area contributed by atoms with Crippen molar-refractivity contribution < 1.29 is 10.2 Å². The zero-order valence-electron chi connectivity index (χ0n) is 12.4. The molecule has 0 aromatic heterocycles. The van der Waals surface area contributed by atoms with Crippen LogP contribution in [0.1, 0.15) is 25.8 Å². The Balaban J connectivity index is 1.97. The summed E-state index contributed by atoms with van der Waals surface area (Å²) < 4.78 is 0. The van der Waals surface area contributed by atoms with E-state index >= 15 is 0 Å². The lowest BCUT2D eigenvalue weighted by atomic mass is 9.99. The lowest BCUT2D eigenvalue weighted by Crippen LogP contribution is -2.44. The van der Waals surface area contributed by atoms with Crippen molar-refractivity contribution in [2.45, 2.75) is 44.4 Å². The molecule has 0 saturated carbocycles. The van der Waals surface area contributed by atoms with E-state index in [1.807, 2.05) is 6.07 Å². The van der Waals surface area contributed by atoms with Crippen LogP contribution in [0.25, 0.3) is 0 Å². The molecule has 2 rings (SSSR count). The molecule has 1 aromatic carbocycles. The predicted molar refractivity (Wildman–Crippen MR) is 80.4 cm³/mol. The normalized spacial score (nSPS) is 22.6. The predicted octanol–water partition coefficient (Wildman–Crippen LogP) is 0.982. The van der Waals surface area contributed by atoms with Crippen molar-refractivity contribution in [2.24, 2.45) is 0 Å². The Bertz CT molecular complexity index is 404. The minimum absolute atomic E-state index is 0.0217. The van der Waals surface area contributed by atoms with Gasteiger partial charge in [0.05, 0.1) is 19.3 Å². The van der Waals surface area contributed by atoms with Crippen LogP contribution >= 0.6 is 0 Å². The largest absolute Gasteiger partial charge is 0.395 e. The number of hydrogen-bond acceptors (Lipinski definition) is 4. The second kappa shape index (κ2) is 6.68. The molecule has 1 aliphatic heterocycles. The number of benzene rings is 1. The topological polar surface area (TPSA) is 55.7 Å². The zero-order chi connectivity index (χ0) is 14.6. The van der Waals surface area contributed by atoms with E-state index in [0.717, 1.165) is 19.5 Å². The molecule has 20 heavy (non-hydrogen) atoms. The van der Waals surface area contributed by atoms with Gasteiger partial charge in [0.2, 0.25) is 0 Å². The van der Waals surface area contributed by atoms with Crippen LogP contribution in [0.2, 0.25) is 0 Å². The first-order valence-electron chi connectivity index (χ1n) is 7.32. The van der Waals surface area contributed by atoms with Gasteiger partial charge in [0.1, 0.15) is 0 Å². The third-order valence-corrected chi connectivity index (χ3v) is 4.17. The molecule has 1 atom stereocenters. The summed E-state index contributed by atoms with van der Waals surface area (Å²) in [5.74, 6) is 0. The van der Waals surface area contributed by atoms with Crippen LogP contribution in [0, 0.1) is 0 Å². The fraction of sp³-hybridized carbons (Fsp3) is 0.625. The Morgan fingerprint density at radius 2 is 1.90 bits per heavy atom. The van der Waals surface area contributed by atoms with E-state index in [4.69, 9.17) is 0 Å². The lowest BCUT2D eigenvalue weighted by Gasteiger charge is -2.31. The Kier molecular flexibility index (Phi) is 5.16. The van der Waals surface area contributed by atoms with Gasteiger partial charge in [-0.05, 0) is 25.8 Å². The summed E-state index contributed by atoms with van der Waals surface area (Å²) in [6, 6.07) is 10.6. The van der Waals surface area contributed by atoms with Crippen molar-refractivity contribution in [1.29, 1.82) is 0 Å². The van der Waals surface area contributed by atoms with Crippen molar-refractivity contribution in [3.63, 3.8) is 0 Å². The molecule has 0 unspecified atom stereocenters. The summed E-state index contributed by atoms with van der Waals surface area (Å²) in [6.07, 6.45) is 1.02. The molecule has 4 heteroatoms. The molecule has 1 heterocycles. The van der Waals surface area contributed by atoms with Gasteiger partial charge in [-0.25, -0.2) is 0 Å². The fourth-order valence-corrected chi connectivity index (χ4v) is 3.00. The van der Waals surface area contributed by atoms with E-state index in [-0.39, 0.29) is 24.8 Å². The fourth-order valence-electron chi connectivity index (χ4n) is 3.00. The van der Waals surface area contributed by atoms with Crippen LogP contribution in [0.3, 0.4) is 0 Å². The molecule has 0 spiro atoms. The van der Waals surface area contributed by atoms with Gasteiger partial charge in [-0.2, -0.15) is 0 Å². The first-order chi connectivity index (χ1) is 9.55. The smallest absolute Gasteiger partial charge is 0.0607 e. The van der Waals surface area contributed by atoms with E-state index in [2.05, 4.69) is 48.3 Å². The minimum Gasteiger partial charge on any atom is -0.395 e. The van der Waals surface area contributed by atoms with Gasteiger partial charge in [-0.15, -0.1) is 0 Å². The Hall–Kier alpha value is -0.940. The molecule has 0 bridgehead atoms. The van der Waals surface area contributed by atoms with E-state index in [1.165, 1.54) is 5.56 Å². The number of aliphatic hydroxyl groups excluding tert-OH is 2. The molecule has 0 radical (unpaired) electrons. The average Bonchev–Trinajstić information content (AvgIpc) is 2.71. The highest BCUT2D eigenvalue weighted by Gasteiger charge is 2.38. The maximum absolute atomic E-state index is 9.18. The maximum Gasteiger partial charge on any atom is 0.0607 e. The van der Waals surface area contributed by atoms with Gasteiger partial charge in [0.15, 0.2) is 0 Å². The molecule has 1 aromatic rings. The molecular weight excluding hydrogens is 252 g/mol. The third kappa shape index (κ3) is 3.79. The first-order valence-corrected chi connectivity index (χ1v) is 7.32. The third-order valence-electron chi connectivity index (χ3n) is 4.17. The van der Waals surface area contributed by atoms with E-state index in [0.29, 0.717) is 6.04 Å². The van der Waals surface area contributed by atoms with Crippen molar-refractivity contribution in [3.8, 4) is 0 Å². The summed E-state index contributed by atoms with van der Waals surface area (Å²) in [5.41, 5.74) is 1.45. The quantitative estimate of drug-likeness (QED) is 0.726. The van der Waals surface area contributed by atoms with Gasteiger partial charge >= 0.3 is 0 Å². The maximum atomic E-state index is 9.18. The van der Waals surface area contributed by atoms with Crippen LogP contribution in [-0.4, -0.2) is 52.5 Å². The Morgan fingerprint density at radius 3 is 2.50 bits per heavy atom. The lowest BCUT2D eigenvalue weighted by molar-refractivity contribution is 0.158. The summed E-state index contributed by atoms with van der Waals surface area (Å²) in [4.78, 5) is 2.46. The van der Waals surface area contributed by atoms with Crippen LogP contribution in [0.15, 0.2) is 30.3 Å². The molecule has 1 aliphatic rings. The highest BCUT2D eigenvalue weighted by atomic mass is 16.3. The summed E-state index contributed by atoms with van der Waals surface area (Å²) in [5, 5.41) is 21.7. The van der Waals surface area contributed by atoms with Crippen LogP contribution < -0.4 is 5.32 Å². The van der Waals surface area contributed by atoms with E-state index < -0.39 is 0 Å². The van der Waals surface area contributed by atoms with Gasteiger partial charge in [-0.1, -0.05) is 30.3 Å². The Labute approximate surface area is 121 Å². The van der Waals surface area contributed by atoms with Gasteiger partial charge < -0.3 is 15.5 Å². The van der Waals surface area contributed by atoms with E-state index in [1.54, 1.807) is 0 Å². The highest BCUT2D eigenvalue weighted by Crippen LogP contribution is 2.30. The first kappa shape index (κ1) is 15.4. The zero-order valence-corrected chi connectivity index (χ0v) is 12.4. The number of likely N-dealkylation sites (tertiary alicyclic amines) is 1. The van der Waals surface area contributed by atoms with Crippen LogP contribution in [0.4, 0.5) is 0 Å². The van der Waals surface area contributed by atoms with Gasteiger partial charge in [0.25, 0.3) is 0 Å². The molecule has 0 amide bonds. The molecule has 1 saturated heterocycles. The standard InChI is InChI=1S/C16H26N2O2/c1-16(2)8-14(17-15(11-19)12-20)10-18(16)9-13-6-4-3-5-7-13/h3-7,14-15,17,19-20H,8-12H2,1-2H3/t14-/m1/s1. The van der Waals surface area contributed by atoms with Crippen molar-refractivity contribution in [3.05, 3.63) is 35.9 Å². The van der Waals surface area contributed by atoms with Crippen LogP contribution in [-0.2, 0) is 6.54 Å². The number of rotatable bonds is 6. The monoisotopic (exact) mass is 278 g/mol. The van der Waals surface area contributed by atoms with Crippen molar-refractivity contribution in [2.75, 3.05) is 19.8 Å². The van der Waals surface area contributed by atoms with Crippen molar-refractivity contribution in [1.82, 2.24) is 10.2 Å². The summed E-state index contributed by atoms with van der Waals surface area (Å²) in [6.45, 7) is 6.35. The number of hydrogen-bond donors (Lipinski definition) is 3. The molecule has 112 valence electrons. The second-order valence-electron chi connectivity index (χ2n) is 6.31. The van der Waals surface area contributed by atoms with Crippen molar-refractivity contribution >= 4 is 0 Å². The van der Waals surface area contributed by atoms with Gasteiger partial charge in [-0.3, -0.25) is 4.90 Å². The summed E-state index contributed by atoms with van der Waals surface area (Å²) in [7, 11) is 0. The Morgan fingerprint density at radius 1 is 1.25 bits per heavy atom. The molecular formula is C16H26N2O2. The van der Waals surface area contributed by atoms with Crippen LogP contribution in [0.5, 0.6) is 0 Å². The molecule has 3 N–H and O–H groups in total. The van der Waals surface area contributed by atoms with Gasteiger partial charge in [0, 0.05) is 24.7 Å². The van der Waals surface area contributed by atoms with E-state index in [9.17, 15) is 10.2 Å².